The maximum atomic E-state index is 11.9. The molecule has 25 heavy (non-hydrogen) atoms. The summed E-state index contributed by atoms with van der Waals surface area (Å²) in [6.07, 6.45) is 1.40. The molecule has 3 rings (SSSR count). The molecule has 0 atom stereocenters. The number of carbonyl (C=O) groups excluding carboxylic acids is 1. The Morgan fingerprint density at radius 3 is 2.44 bits per heavy atom. The maximum absolute atomic E-state index is 11.9. The Balaban J connectivity index is 1.69. The largest absolute Gasteiger partial charge is 0.455 e. The molecule has 0 aliphatic rings. The molecule has 7 heteroatoms. The molecular formula is C18H11Cl3N2O2. The van der Waals surface area contributed by atoms with Crippen molar-refractivity contribution in [2.45, 2.75) is 0 Å². The first-order valence-electron chi connectivity index (χ1n) is 7.17. The normalized spacial score (nSPS) is 11.0. The quantitative estimate of drug-likeness (QED) is 0.458. The van der Waals surface area contributed by atoms with E-state index in [1.807, 2.05) is 0 Å². The molecule has 0 aliphatic carbocycles. The van der Waals surface area contributed by atoms with Crippen molar-refractivity contribution in [1.29, 1.82) is 0 Å². The van der Waals surface area contributed by atoms with Gasteiger partial charge in [0.1, 0.15) is 11.5 Å². The molecule has 0 spiro atoms. The van der Waals surface area contributed by atoms with Crippen LogP contribution in [0.4, 0.5) is 0 Å². The Hall–Kier alpha value is -2.27. The van der Waals surface area contributed by atoms with E-state index in [-0.39, 0.29) is 5.91 Å². The third-order valence-corrected chi connectivity index (χ3v) is 4.10. The van der Waals surface area contributed by atoms with Crippen molar-refractivity contribution in [3.63, 3.8) is 0 Å². The number of carbonyl (C=O) groups is 1. The van der Waals surface area contributed by atoms with Crippen LogP contribution in [0.2, 0.25) is 15.1 Å². The summed E-state index contributed by atoms with van der Waals surface area (Å²) in [6.45, 7) is 0. The third kappa shape index (κ3) is 4.42. The molecule has 0 fully saturated rings. The lowest BCUT2D eigenvalue weighted by atomic mass is 10.2. The standard InChI is InChI=1S/C18H11Cl3N2O2/c19-12-3-1-11(2-4-12)18(24)23-22-10-14-6-8-17(25-14)15-9-13(20)5-7-16(15)21/h1-10H,(H,23,24). The number of nitrogens with zero attached hydrogens (tertiary/aromatic N) is 1. The molecule has 0 radical (unpaired) electrons. The number of rotatable bonds is 4. The summed E-state index contributed by atoms with van der Waals surface area (Å²) in [6, 6.07) is 15.1. The summed E-state index contributed by atoms with van der Waals surface area (Å²) in [5.74, 6) is 0.665. The highest BCUT2D eigenvalue weighted by Gasteiger charge is 2.09. The van der Waals surface area contributed by atoms with Crippen LogP contribution < -0.4 is 5.43 Å². The molecular weight excluding hydrogens is 383 g/mol. The van der Waals surface area contributed by atoms with E-state index in [0.29, 0.717) is 37.7 Å². The van der Waals surface area contributed by atoms with E-state index in [4.69, 9.17) is 39.2 Å². The number of hydrogen-bond donors (Lipinski definition) is 1. The van der Waals surface area contributed by atoms with Crippen LogP contribution in [0.25, 0.3) is 11.3 Å². The lowest BCUT2D eigenvalue weighted by molar-refractivity contribution is 0.0955. The van der Waals surface area contributed by atoms with Gasteiger partial charge in [-0.1, -0.05) is 34.8 Å². The first kappa shape index (κ1) is 17.5. The van der Waals surface area contributed by atoms with Crippen molar-refractivity contribution in [2.75, 3.05) is 0 Å². The van der Waals surface area contributed by atoms with E-state index in [1.54, 1.807) is 54.6 Å². The van der Waals surface area contributed by atoms with E-state index in [0.717, 1.165) is 0 Å². The van der Waals surface area contributed by atoms with Gasteiger partial charge < -0.3 is 4.42 Å². The number of hydrazone groups is 1. The van der Waals surface area contributed by atoms with Gasteiger partial charge in [-0.3, -0.25) is 4.79 Å². The number of hydrogen-bond acceptors (Lipinski definition) is 3. The summed E-state index contributed by atoms with van der Waals surface area (Å²) >= 11 is 17.9. The monoisotopic (exact) mass is 392 g/mol. The average Bonchev–Trinajstić information content (AvgIpc) is 3.06. The maximum Gasteiger partial charge on any atom is 0.271 e. The number of halogens is 3. The van der Waals surface area contributed by atoms with Gasteiger partial charge in [-0.25, -0.2) is 5.43 Å². The van der Waals surface area contributed by atoms with Gasteiger partial charge in [0.25, 0.3) is 5.91 Å². The Labute approximate surface area is 159 Å². The van der Waals surface area contributed by atoms with E-state index >= 15 is 0 Å². The van der Waals surface area contributed by atoms with Crippen LogP contribution in [0, 0.1) is 0 Å². The Morgan fingerprint density at radius 1 is 0.960 bits per heavy atom. The topological polar surface area (TPSA) is 54.6 Å². The van der Waals surface area contributed by atoms with E-state index in [1.165, 1.54) is 6.21 Å². The van der Waals surface area contributed by atoms with Crippen molar-refractivity contribution in [1.82, 2.24) is 5.43 Å². The van der Waals surface area contributed by atoms with Crippen LogP contribution in [-0.2, 0) is 0 Å². The Morgan fingerprint density at radius 2 is 1.68 bits per heavy atom. The van der Waals surface area contributed by atoms with Crippen molar-refractivity contribution in [3.8, 4) is 11.3 Å². The van der Waals surface area contributed by atoms with E-state index in [9.17, 15) is 4.79 Å². The SMILES string of the molecule is O=C(NN=Cc1ccc(-c2cc(Cl)ccc2Cl)o1)c1ccc(Cl)cc1. The van der Waals surface area contributed by atoms with Gasteiger partial charge in [-0.2, -0.15) is 5.10 Å². The third-order valence-electron chi connectivity index (χ3n) is 3.28. The van der Waals surface area contributed by atoms with E-state index < -0.39 is 0 Å². The van der Waals surface area contributed by atoms with Crippen LogP contribution >= 0.6 is 34.8 Å². The van der Waals surface area contributed by atoms with Crippen LogP contribution in [0.15, 0.2) is 64.1 Å². The van der Waals surface area contributed by atoms with Crippen molar-refractivity contribution in [2.24, 2.45) is 5.10 Å². The van der Waals surface area contributed by atoms with Gasteiger partial charge in [0, 0.05) is 21.2 Å². The fourth-order valence-corrected chi connectivity index (χ4v) is 2.58. The minimum absolute atomic E-state index is 0.349. The Kier molecular flexibility index (Phi) is 5.43. The number of benzene rings is 2. The number of furan rings is 1. The van der Waals surface area contributed by atoms with Crippen LogP contribution in [0.5, 0.6) is 0 Å². The van der Waals surface area contributed by atoms with E-state index in [2.05, 4.69) is 10.5 Å². The first-order valence-corrected chi connectivity index (χ1v) is 8.30. The zero-order chi connectivity index (χ0) is 17.8. The summed E-state index contributed by atoms with van der Waals surface area (Å²) in [5, 5.41) is 5.52. The van der Waals surface area contributed by atoms with Gasteiger partial charge in [0.2, 0.25) is 0 Å². The van der Waals surface area contributed by atoms with Crippen LogP contribution in [0.1, 0.15) is 16.1 Å². The highest BCUT2D eigenvalue weighted by Crippen LogP contribution is 2.31. The predicted octanol–water partition coefficient (Wildman–Crippen LogP) is 5.67. The molecule has 126 valence electrons. The van der Waals surface area contributed by atoms with Crippen LogP contribution in [-0.4, -0.2) is 12.1 Å². The second kappa shape index (κ2) is 7.74. The van der Waals surface area contributed by atoms with Gasteiger partial charge in [0.05, 0.1) is 11.2 Å². The fourth-order valence-electron chi connectivity index (χ4n) is 2.07. The summed E-state index contributed by atoms with van der Waals surface area (Å²) < 4.78 is 5.65. The fraction of sp³-hybridized carbons (Fsp3) is 0. The highest BCUT2D eigenvalue weighted by atomic mass is 35.5. The molecule has 1 aromatic heterocycles. The molecule has 4 nitrogen and oxygen atoms in total. The predicted molar refractivity (Wildman–Crippen MR) is 101 cm³/mol. The second-order valence-corrected chi connectivity index (χ2v) is 6.31. The summed E-state index contributed by atoms with van der Waals surface area (Å²) in [4.78, 5) is 11.9. The minimum Gasteiger partial charge on any atom is -0.455 e. The average molecular weight is 394 g/mol. The molecule has 0 unspecified atom stereocenters. The molecule has 3 aromatic rings. The lowest BCUT2D eigenvalue weighted by Crippen LogP contribution is -2.17. The van der Waals surface area contributed by atoms with Crippen LogP contribution in [0.3, 0.4) is 0 Å². The molecule has 0 bridgehead atoms. The number of nitrogens with one attached hydrogen (secondary N) is 1. The molecule has 1 amide bonds. The molecule has 0 saturated carbocycles. The van der Waals surface area contributed by atoms with Crippen molar-refractivity contribution in [3.05, 3.63) is 81.0 Å². The lowest BCUT2D eigenvalue weighted by Gasteiger charge is -2.01. The van der Waals surface area contributed by atoms with Gasteiger partial charge in [-0.05, 0) is 54.6 Å². The first-order chi connectivity index (χ1) is 12.0. The van der Waals surface area contributed by atoms with Gasteiger partial charge >= 0.3 is 0 Å². The van der Waals surface area contributed by atoms with Gasteiger partial charge in [0.15, 0.2) is 0 Å². The molecule has 2 aromatic carbocycles. The van der Waals surface area contributed by atoms with Crippen molar-refractivity contribution < 1.29 is 9.21 Å². The molecule has 1 heterocycles. The molecule has 0 aliphatic heterocycles. The molecule has 0 saturated heterocycles. The summed E-state index contributed by atoms with van der Waals surface area (Å²) in [7, 11) is 0. The zero-order valence-corrected chi connectivity index (χ0v) is 14.9. The van der Waals surface area contributed by atoms with Crippen molar-refractivity contribution >= 4 is 46.9 Å². The highest BCUT2D eigenvalue weighted by molar-refractivity contribution is 6.35. The Bertz CT molecular complexity index is 934. The summed E-state index contributed by atoms with van der Waals surface area (Å²) in [5.41, 5.74) is 3.55. The second-order valence-electron chi connectivity index (χ2n) is 5.03. The minimum atomic E-state index is -0.349. The smallest absolute Gasteiger partial charge is 0.271 e. The number of amides is 1. The zero-order valence-electron chi connectivity index (χ0n) is 12.7. The van der Waals surface area contributed by atoms with Gasteiger partial charge in [-0.15, -0.1) is 0 Å². The molecule has 1 N–H and O–H groups in total.